The van der Waals surface area contributed by atoms with Gasteiger partial charge in [-0.3, -0.25) is 4.79 Å². The molecular weight excluding hydrogens is 208 g/mol. The average Bonchev–Trinajstić information content (AvgIpc) is 2.28. The van der Waals surface area contributed by atoms with Crippen LogP contribution in [0, 0.1) is 5.92 Å². The van der Waals surface area contributed by atoms with Crippen molar-refractivity contribution in [3.63, 3.8) is 0 Å². The number of rotatable bonds is 3. The number of nitrogens with one attached hydrogen (secondary N) is 1. The van der Waals surface area contributed by atoms with Crippen molar-refractivity contribution in [2.45, 2.75) is 39.2 Å². The molecule has 1 heterocycles. The van der Waals surface area contributed by atoms with E-state index >= 15 is 0 Å². The third kappa shape index (κ3) is 3.40. The van der Waals surface area contributed by atoms with Gasteiger partial charge < -0.3 is 15.3 Å². The Morgan fingerprint density at radius 1 is 1.56 bits per heavy atom. The molecule has 1 rings (SSSR count). The normalized spacial score (nSPS) is 22.6. The zero-order valence-corrected chi connectivity index (χ0v) is 9.90. The Balaban J connectivity index is 2.47. The lowest BCUT2D eigenvalue weighted by Crippen LogP contribution is -2.49. The van der Waals surface area contributed by atoms with Gasteiger partial charge in [-0.15, -0.1) is 0 Å². The van der Waals surface area contributed by atoms with Crippen LogP contribution in [0.1, 0.15) is 33.1 Å². The molecule has 1 fully saturated rings. The van der Waals surface area contributed by atoms with Gasteiger partial charge in [0.25, 0.3) is 0 Å². The predicted octanol–water partition coefficient (Wildman–Crippen LogP) is 1.29. The van der Waals surface area contributed by atoms with Crippen molar-refractivity contribution in [3.05, 3.63) is 0 Å². The lowest BCUT2D eigenvalue weighted by atomic mass is 9.99. The number of carbonyl (C=O) groups excluding carboxylic acids is 1. The molecule has 1 aliphatic heterocycles. The predicted molar refractivity (Wildman–Crippen MR) is 60.2 cm³/mol. The summed E-state index contributed by atoms with van der Waals surface area (Å²) in [6, 6.07) is -0.00185. The lowest BCUT2D eigenvalue weighted by molar-refractivity contribution is -0.143. The number of nitrogens with zero attached hydrogens (tertiary/aromatic N) is 1. The molecule has 0 aromatic rings. The van der Waals surface area contributed by atoms with Crippen LogP contribution < -0.4 is 5.32 Å². The first-order chi connectivity index (χ1) is 7.54. The van der Waals surface area contributed by atoms with Crippen molar-refractivity contribution in [2.24, 2.45) is 5.92 Å². The van der Waals surface area contributed by atoms with Gasteiger partial charge in [0.2, 0.25) is 0 Å². The van der Waals surface area contributed by atoms with E-state index in [1.807, 2.05) is 13.8 Å². The molecule has 0 bridgehead atoms. The average molecular weight is 228 g/mol. The van der Waals surface area contributed by atoms with E-state index in [4.69, 9.17) is 5.11 Å². The lowest BCUT2D eigenvalue weighted by Gasteiger charge is -2.31. The molecule has 16 heavy (non-hydrogen) atoms. The smallest absolute Gasteiger partial charge is 0.317 e. The van der Waals surface area contributed by atoms with Crippen molar-refractivity contribution in [3.8, 4) is 0 Å². The van der Waals surface area contributed by atoms with E-state index in [0.29, 0.717) is 19.5 Å². The van der Waals surface area contributed by atoms with Crippen LogP contribution in [-0.4, -0.2) is 41.1 Å². The summed E-state index contributed by atoms with van der Waals surface area (Å²) >= 11 is 0. The first-order valence-electron chi connectivity index (χ1n) is 5.82. The molecular formula is C11H20N2O3. The summed E-state index contributed by atoms with van der Waals surface area (Å²) in [5, 5.41) is 11.8. The van der Waals surface area contributed by atoms with Gasteiger partial charge >= 0.3 is 12.0 Å². The Morgan fingerprint density at radius 3 is 2.81 bits per heavy atom. The minimum Gasteiger partial charge on any atom is -0.481 e. The monoisotopic (exact) mass is 228 g/mol. The van der Waals surface area contributed by atoms with E-state index in [1.165, 1.54) is 0 Å². The van der Waals surface area contributed by atoms with Crippen LogP contribution in [0.25, 0.3) is 0 Å². The second kappa shape index (κ2) is 5.72. The van der Waals surface area contributed by atoms with Crippen molar-refractivity contribution >= 4 is 12.0 Å². The van der Waals surface area contributed by atoms with Gasteiger partial charge in [0.05, 0.1) is 5.92 Å². The molecule has 0 aromatic carbocycles. The van der Waals surface area contributed by atoms with Gasteiger partial charge in [-0.2, -0.15) is 0 Å². The number of hydrogen-bond donors (Lipinski definition) is 2. The number of carboxylic acid groups (broad SMARTS) is 1. The maximum atomic E-state index is 11.8. The second-order valence-corrected chi connectivity index (χ2v) is 4.38. The number of hydrogen-bond acceptors (Lipinski definition) is 2. The van der Waals surface area contributed by atoms with Gasteiger partial charge in [-0.05, 0) is 26.2 Å². The number of urea groups is 1. The number of carboxylic acids is 1. The Hall–Kier alpha value is -1.26. The van der Waals surface area contributed by atoms with Crippen molar-refractivity contribution in [1.29, 1.82) is 0 Å². The van der Waals surface area contributed by atoms with Crippen LogP contribution in [0.4, 0.5) is 4.79 Å². The third-order valence-electron chi connectivity index (χ3n) is 3.04. The fourth-order valence-electron chi connectivity index (χ4n) is 1.77. The van der Waals surface area contributed by atoms with Crippen molar-refractivity contribution < 1.29 is 14.7 Å². The largest absolute Gasteiger partial charge is 0.481 e. The molecule has 0 radical (unpaired) electrons. The maximum absolute atomic E-state index is 11.8. The van der Waals surface area contributed by atoms with Gasteiger partial charge in [0.1, 0.15) is 0 Å². The molecule has 2 amide bonds. The number of amides is 2. The van der Waals surface area contributed by atoms with Gasteiger partial charge in [0, 0.05) is 19.1 Å². The van der Waals surface area contributed by atoms with E-state index < -0.39 is 11.9 Å². The van der Waals surface area contributed by atoms with Crippen LogP contribution in [0.2, 0.25) is 0 Å². The molecule has 2 atom stereocenters. The molecule has 1 saturated heterocycles. The van der Waals surface area contributed by atoms with Crippen LogP contribution in [0.3, 0.4) is 0 Å². The van der Waals surface area contributed by atoms with Crippen LogP contribution >= 0.6 is 0 Å². The summed E-state index contributed by atoms with van der Waals surface area (Å²) in [5.41, 5.74) is 0. The summed E-state index contributed by atoms with van der Waals surface area (Å²) in [6.07, 6.45) is 2.31. The summed E-state index contributed by atoms with van der Waals surface area (Å²) in [7, 11) is 0. The van der Waals surface area contributed by atoms with E-state index in [0.717, 1.165) is 12.8 Å². The van der Waals surface area contributed by atoms with Crippen LogP contribution in [0.15, 0.2) is 0 Å². The Morgan fingerprint density at radius 2 is 2.25 bits per heavy atom. The first kappa shape index (κ1) is 12.8. The Kier molecular flexibility index (Phi) is 4.58. The minimum absolute atomic E-state index is 0.137. The van der Waals surface area contributed by atoms with Crippen molar-refractivity contribution in [2.75, 3.05) is 13.1 Å². The highest BCUT2D eigenvalue weighted by molar-refractivity contribution is 5.76. The van der Waals surface area contributed by atoms with Crippen LogP contribution in [-0.2, 0) is 4.79 Å². The zero-order valence-electron chi connectivity index (χ0n) is 9.90. The molecule has 5 nitrogen and oxygen atoms in total. The fraction of sp³-hybridized carbons (Fsp3) is 0.818. The molecule has 1 unspecified atom stereocenters. The van der Waals surface area contributed by atoms with E-state index in [1.54, 1.807) is 4.90 Å². The quantitative estimate of drug-likeness (QED) is 0.764. The second-order valence-electron chi connectivity index (χ2n) is 4.38. The zero-order chi connectivity index (χ0) is 12.1. The summed E-state index contributed by atoms with van der Waals surface area (Å²) in [5.74, 6) is -1.21. The Labute approximate surface area is 95.8 Å². The molecule has 0 spiro atoms. The molecule has 92 valence electrons. The Bertz CT molecular complexity index is 268. The van der Waals surface area contributed by atoms with Crippen LogP contribution in [0.5, 0.6) is 0 Å². The number of carbonyl (C=O) groups is 2. The molecule has 2 N–H and O–H groups in total. The highest BCUT2D eigenvalue weighted by Crippen LogP contribution is 2.16. The van der Waals surface area contributed by atoms with Crippen molar-refractivity contribution in [1.82, 2.24) is 10.2 Å². The van der Waals surface area contributed by atoms with Gasteiger partial charge in [-0.1, -0.05) is 6.92 Å². The topological polar surface area (TPSA) is 69.6 Å². The molecule has 0 saturated carbocycles. The first-order valence-corrected chi connectivity index (χ1v) is 5.82. The van der Waals surface area contributed by atoms with Gasteiger partial charge in [-0.25, -0.2) is 4.79 Å². The maximum Gasteiger partial charge on any atom is 0.317 e. The third-order valence-corrected chi connectivity index (χ3v) is 3.04. The SMILES string of the molecule is CCC(C)NC(=O)N1CCC[C@H](C(=O)O)C1. The summed E-state index contributed by atoms with van der Waals surface area (Å²) in [4.78, 5) is 24.2. The molecule has 5 heteroatoms. The number of likely N-dealkylation sites (tertiary alicyclic amines) is 1. The highest BCUT2D eigenvalue weighted by Gasteiger charge is 2.28. The van der Waals surface area contributed by atoms with E-state index in [9.17, 15) is 9.59 Å². The molecule has 0 aromatic heterocycles. The number of aliphatic carboxylic acids is 1. The summed E-state index contributed by atoms with van der Waals surface area (Å²) in [6.45, 7) is 4.93. The fourth-order valence-corrected chi connectivity index (χ4v) is 1.77. The molecule has 0 aliphatic carbocycles. The minimum atomic E-state index is -0.805. The number of piperidine rings is 1. The van der Waals surface area contributed by atoms with E-state index in [-0.39, 0.29) is 12.1 Å². The standard InChI is InChI=1S/C11H20N2O3/c1-3-8(2)12-11(16)13-6-4-5-9(7-13)10(14)15/h8-9H,3-7H2,1-2H3,(H,12,16)(H,14,15)/t8?,9-/m0/s1. The van der Waals surface area contributed by atoms with E-state index in [2.05, 4.69) is 5.32 Å². The molecule has 1 aliphatic rings. The summed E-state index contributed by atoms with van der Waals surface area (Å²) < 4.78 is 0. The highest BCUT2D eigenvalue weighted by atomic mass is 16.4. The van der Waals surface area contributed by atoms with Gasteiger partial charge in [0.15, 0.2) is 0 Å².